The van der Waals surface area contributed by atoms with Crippen molar-refractivity contribution in [2.45, 2.75) is 50.6 Å². The number of thiazole rings is 1. The Kier molecular flexibility index (Phi) is 4.04. The lowest BCUT2D eigenvalue weighted by Gasteiger charge is -2.18. The summed E-state index contributed by atoms with van der Waals surface area (Å²) in [5.74, 6) is 1.06. The lowest BCUT2D eigenvalue weighted by atomic mass is 10.0. The number of aromatic nitrogens is 5. The minimum absolute atomic E-state index is 0.0305. The van der Waals surface area contributed by atoms with Crippen LogP contribution in [0.3, 0.4) is 0 Å². The molecule has 2 aliphatic carbocycles. The minimum atomic E-state index is -0.0305. The van der Waals surface area contributed by atoms with Gasteiger partial charge in [-0.25, -0.2) is 19.3 Å². The molecule has 0 spiro atoms. The third kappa shape index (κ3) is 3.07. The molecule has 4 aromatic rings. The highest BCUT2D eigenvalue weighted by Gasteiger charge is 2.32. The molecule has 2 fully saturated rings. The lowest BCUT2D eigenvalue weighted by molar-refractivity contribution is 0.558. The first-order valence-corrected chi connectivity index (χ1v) is 12.2. The molecule has 0 radical (unpaired) electrons. The molecule has 8 nitrogen and oxygen atoms in total. The molecule has 7 rings (SSSR count). The summed E-state index contributed by atoms with van der Waals surface area (Å²) >= 11 is 1.59. The summed E-state index contributed by atoms with van der Waals surface area (Å²) in [6.45, 7) is 1.90. The molecule has 0 unspecified atom stereocenters. The van der Waals surface area contributed by atoms with E-state index < -0.39 is 0 Å². The number of nitrogens with zero attached hydrogens (tertiary/aromatic N) is 5. The van der Waals surface area contributed by atoms with Crippen LogP contribution >= 0.6 is 11.3 Å². The van der Waals surface area contributed by atoms with Crippen molar-refractivity contribution in [2.24, 2.45) is 0 Å². The monoisotopic (exact) mass is 445 g/mol. The lowest BCUT2D eigenvalue weighted by Crippen LogP contribution is -2.23. The van der Waals surface area contributed by atoms with E-state index in [2.05, 4.69) is 39.2 Å². The Morgan fingerprint density at radius 1 is 1.12 bits per heavy atom. The standard InChI is InChI=1S/C23H23N7OS/c31-21-18-11-25-22(26-16-4-3-13-7-8-24-10-15(13)9-16)28-20(18)30(29(21)17-5-6-17)23-27-19(12-32-23)14-1-2-14/h3-4,9,11-12,14,17,24H,1-2,5-8,10H2,(H,25,26,28). The summed E-state index contributed by atoms with van der Waals surface area (Å²) in [6.07, 6.45) is 7.14. The van der Waals surface area contributed by atoms with Crippen molar-refractivity contribution >= 4 is 34.0 Å². The van der Waals surface area contributed by atoms with Crippen molar-refractivity contribution < 1.29 is 0 Å². The van der Waals surface area contributed by atoms with Crippen molar-refractivity contribution in [3.05, 3.63) is 57.0 Å². The second-order valence-electron chi connectivity index (χ2n) is 8.99. The van der Waals surface area contributed by atoms with Crippen LogP contribution in [0.1, 0.15) is 54.5 Å². The van der Waals surface area contributed by atoms with Crippen LogP contribution in [0.4, 0.5) is 11.6 Å². The van der Waals surface area contributed by atoms with Crippen LogP contribution in [0.2, 0.25) is 0 Å². The van der Waals surface area contributed by atoms with Crippen LogP contribution in [-0.4, -0.2) is 30.9 Å². The van der Waals surface area contributed by atoms with Crippen molar-refractivity contribution in [2.75, 3.05) is 11.9 Å². The van der Waals surface area contributed by atoms with E-state index >= 15 is 0 Å². The summed E-state index contributed by atoms with van der Waals surface area (Å²) in [5, 5.41) is 10.2. The van der Waals surface area contributed by atoms with Gasteiger partial charge in [-0.3, -0.25) is 4.79 Å². The quantitative estimate of drug-likeness (QED) is 0.488. The summed E-state index contributed by atoms with van der Waals surface area (Å²) in [7, 11) is 0. The Morgan fingerprint density at radius 2 is 2.03 bits per heavy atom. The third-order valence-corrected chi connectivity index (χ3v) is 7.39. The second-order valence-corrected chi connectivity index (χ2v) is 9.82. The van der Waals surface area contributed by atoms with Gasteiger partial charge in [-0.1, -0.05) is 6.07 Å². The summed E-state index contributed by atoms with van der Waals surface area (Å²) in [5.41, 5.74) is 5.36. The summed E-state index contributed by atoms with van der Waals surface area (Å²) in [4.78, 5) is 27.3. The Morgan fingerprint density at radius 3 is 2.88 bits per heavy atom. The number of fused-ring (bicyclic) bond motifs is 2. The van der Waals surface area contributed by atoms with E-state index in [0.717, 1.165) is 48.9 Å². The highest BCUT2D eigenvalue weighted by Crippen LogP contribution is 2.41. The number of hydrogen-bond acceptors (Lipinski definition) is 7. The first-order valence-electron chi connectivity index (χ1n) is 11.3. The number of nitrogens with one attached hydrogen (secondary N) is 2. The van der Waals surface area contributed by atoms with E-state index in [1.54, 1.807) is 17.5 Å². The predicted molar refractivity (Wildman–Crippen MR) is 124 cm³/mol. The van der Waals surface area contributed by atoms with Gasteiger partial charge in [-0.05, 0) is 61.9 Å². The van der Waals surface area contributed by atoms with Gasteiger partial charge in [0.25, 0.3) is 5.56 Å². The average molecular weight is 446 g/mol. The zero-order valence-electron chi connectivity index (χ0n) is 17.5. The van der Waals surface area contributed by atoms with Crippen LogP contribution in [0.25, 0.3) is 16.2 Å². The Hall–Kier alpha value is -3.04. The predicted octanol–water partition coefficient (Wildman–Crippen LogP) is 3.64. The van der Waals surface area contributed by atoms with E-state index in [0.29, 0.717) is 22.9 Å². The van der Waals surface area contributed by atoms with E-state index in [1.807, 2.05) is 9.36 Å². The summed E-state index contributed by atoms with van der Waals surface area (Å²) in [6, 6.07) is 6.61. The first kappa shape index (κ1) is 18.5. The van der Waals surface area contributed by atoms with E-state index in [9.17, 15) is 4.79 Å². The molecule has 0 amide bonds. The minimum Gasteiger partial charge on any atom is -0.324 e. The molecule has 3 aromatic heterocycles. The number of rotatable bonds is 5. The van der Waals surface area contributed by atoms with E-state index in [-0.39, 0.29) is 11.6 Å². The highest BCUT2D eigenvalue weighted by atomic mass is 32.1. The van der Waals surface area contributed by atoms with Crippen molar-refractivity contribution in [1.29, 1.82) is 0 Å². The normalized spacial score (nSPS) is 18.1. The molecule has 9 heteroatoms. The van der Waals surface area contributed by atoms with Gasteiger partial charge in [-0.15, -0.1) is 11.3 Å². The van der Waals surface area contributed by atoms with Gasteiger partial charge in [0.2, 0.25) is 11.1 Å². The largest absolute Gasteiger partial charge is 0.324 e. The van der Waals surface area contributed by atoms with Gasteiger partial charge >= 0.3 is 0 Å². The molecule has 4 heterocycles. The molecule has 3 aliphatic rings. The molecular weight excluding hydrogens is 422 g/mol. The molecule has 1 aromatic carbocycles. The summed E-state index contributed by atoms with van der Waals surface area (Å²) < 4.78 is 3.76. The first-order chi connectivity index (χ1) is 15.7. The fraction of sp³-hybridized carbons (Fsp3) is 0.391. The number of hydrogen-bond donors (Lipinski definition) is 2. The zero-order chi connectivity index (χ0) is 21.2. The highest BCUT2D eigenvalue weighted by molar-refractivity contribution is 7.12. The third-order valence-electron chi connectivity index (χ3n) is 6.55. The Labute approximate surface area is 188 Å². The van der Waals surface area contributed by atoms with Crippen molar-refractivity contribution in [3.63, 3.8) is 0 Å². The van der Waals surface area contributed by atoms with E-state index in [4.69, 9.17) is 9.97 Å². The van der Waals surface area contributed by atoms with Crippen molar-refractivity contribution in [1.82, 2.24) is 29.6 Å². The number of benzene rings is 1. The van der Waals surface area contributed by atoms with Gasteiger partial charge < -0.3 is 10.6 Å². The smallest absolute Gasteiger partial charge is 0.278 e. The topological polar surface area (TPSA) is 89.7 Å². The molecule has 0 atom stereocenters. The molecule has 32 heavy (non-hydrogen) atoms. The fourth-order valence-electron chi connectivity index (χ4n) is 4.52. The Bertz CT molecular complexity index is 1410. The maximum atomic E-state index is 13.2. The molecule has 1 aliphatic heterocycles. The average Bonchev–Trinajstić information content (AvgIpc) is 3.75. The van der Waals surface area contributed by atoms with Crippen molar-refractivity contribution in [3.8, 4) is 5.13 Å². The molecule has 2 N–H and O–H groups in total. The maximum absolute atomic E-state index is 13.2. The van der Waals surface area contributed by atoms with Crippen LogP contribution in [0.15, 0.2) is 34.6 Å². The molecule has 0 saturated heterocycles. The zero-order valence-corrected chi connectivity index (χ0v) is 18.4. The van der Waals surface area contributed by atoms with Crippen LogP contribution in [0.5, 0.6) is 0 Å². The fourth-order valence-corrected chi connectivity index (χ4v) is 5.42. The Balaban J connectivity index is 1.32. The SMILES string of the molecule is O=c1c2cnc(Nc3ccc4c(c3)CNCC4)nc2n(-c2nc(C3CC3)cs2)n1C1CC1. The maximum Gasteiger partial charge on any atom is 0.278 e. The van der Waals surface area contributed by atoms with Gasteiger partial charge in [0.05, 0.1) is 11.7 Å². The van der Waals surface area contributed by atoms with Gasteiger partial charge in [0, 0.05) is 29.7 Å². The van der Waals surface area contributed by atoms with Crippen LogP contribution < -0.4 is 16.2 Å². The molecular formula is C23H23N7OS. The second kappa shape index (κ2) is 6.98. The molecule has 0 bridgehead atoms. The van der Waals surface area contributed by atoms with Gasteiger partial charge in [-0.2, -0.15) is 4.98 Å². The van der Waals surface area contributed by atoms with Gasteiger partial charge in [0.15, 0.2) is 5.65 Å². The molecule has 162 valence electrons. The van der Waals surface area contributed by atoms with Crippen LogP contribution in [0, 0.1) is 0 Å². The van der Waals surface area contributed by atoms with Crippen LogP contribution in [-0.2, 0) is 13.0 Å². The molecule has 2 saturated carbocycles. The van der Waals surface area contributed by atoms with E-state index in [1.165, 1.54) is 24.0 Å². The number of anilines is 2. The van der Waals surface area contributed by atoms with Gasteiger partial charge in [0.1, 0.15) is 5.39 Å².